The molecule has 1 heteroatoms. The van der Waals surface area contributed by atoms with Gasteiger partial charge < -0.3 is 4.74 Å². The van der Waals surface area contributed by atoms with Crippen LogP contribution in [0.2, 0.25) is 0 Å². The first-order chi connectivity index (χ1) is 6.75. The van der Waals surface area contributed by atoms with Gasteiger partial charge in [0.25, 0.3) is 0 Å². The molecule has 2 aliphatic carbocycles. The topological polar surface area (TPSA) is 9.23 Å². The Kier molecular flexibility index (Phi) is 3.15. The molecule has 3 rings (SSSR count). The van der Waals surface area contributed by atoms with Gasteiger partial charge in [-0.2, -0.15) is 0 Å². The van der Waals surface area contributed by atoms with Crippen LogP contribution in [0.5, 0.6) is 0 Å². The number of fused-ring (bicyclic) bond motifs is 2. The van der Waals surface area contributed by atoms with E-state index in [1.54, 1.807) is 31.9 Å². The molecule has 0 aromatic rings. The molecule has 0 aromatic heterocycles. The van der Waals surface area contributed by atoms with Gasteiger partial charge in [-0.15, -0.1) is 0 Å². The Bertz CT molecular complexity index is 207. The van der Waals surface area contributed by atoms with Gasteiger partial charge in [-0.3, -0.25) is 0 Å². The van der Waals surface area contributed by atoms with Crippen LogP contribution in [0.4, 0.5) is 0 Å². The predicted octanol–water partition coefficient (Wildman–Crippen LogP) is 3.61. The van der Waals surface area contributed by atoms with Crippen molar-refractivity contribution in [3.8, 4) is 0 Å². The Morgan fingerprint density at radius 1 is 1.14 bits per heavy atom. The zero-order valence-electron chi connectivity index (χ0n) is 9.41. The molecule has 0 amide bonds. The highest BCUT2D eigenvalue weighted by molar-refractivity contribution is 4.87. The molecule has 80 valence electrons. The van der Waals surface area contributed by atoms with Gasteiger partial charge in [0.2, 0.25) is 0 Å². The first kappa shape index (κ1) is 10.1. The third kappa shape index (κ3) is 2.31. The van der Waals surface area contributed by atoms with Crippen LogP contribution in [-0.2, 0) is 4.74 Å². The lowest BCUT2D eigenvalue weighted by atomic mass is 9.91. The van der Waals surface area contributed by atoms with E-state index in [0.29, 0.717) is 5.92 Å². The second kappa shape index (κ2) is 4.37. The maximum atomic E-state index is 4.88. The highest BCUT2D eigenvalue weighted by Crippen LogP contribution is 2.47. The zero-order chi connectivity index (χ0) is 9.97. The van der Waals surface area contributed by atoms with Crippen LogP contribution in [0, 0.1) is 23.7 Å². The Morgan fingerprint density at radius 2 is 2.00 bits per heavy atom. The van der Waals surface area contributed by atoms with E-state index in [2.05, 4.69) is 19.9 Å². The quantitative estimate of drug-likeness (QED) is 0.572. The third-order valence-corrected chi connectivity index (χ3v) is 3.95. The fourth-order valence-corrected chi connectivity index (χ4v) is 3.02. The minimum atomic E-state index is 0.644. The van der Waals surface area contributed by atoms with Gasteiger partial charge >= 0.3 is 0 Å². The van der Waals surface area contributed by atoms with Crippen molar-refractivity contribution in [2.24, 2.45) is 23.7 Å². The van der Waals surface area contributed by atoms with Gasteiger partial charge in [0.15, 0.2) is 0 Å². The van der Waals surface area contributed by atoms with Gasteiger partial charge in [-0.1, -0.05) is 20.3 Å². The molecule has 4 atom stereocenters. The summed E-state index contributed by atoms with van der Waals surface area (Å²) in [6, 6.07) is 0. The van der Waals surface area contributed by atoms with Crippen molar-refractivity contribution in [1.29, 1.82) is 0 Å². The minimum absolute atomic E-state index is 0.644. The molecule has 1 heterocycles. The summed E-state index contributed by atoms with van der Waals surface area (Å²) in [6.45, 7) is 5.42. The number of ether oxygens (including phenoxy) is 1. The molecule has 0 N–H and O–H groups in total. The summed E-state index contributed by atoms with van der Waals surface area (Å²) >= 11 is 0. The van der Waals surface area contributed by atoms with Crippen LogP contribution < -0.4 is 0 Å². The Labute approximate surface area is 87.5 Å². The van der Waals surface area contributed by atoms with Crippen LogP contribution in [0.3, 0.4) is 0 Å². The molecule has 0 spiro atoms. The second-order valence-electron chi connectivity index (χ2n) is 5.29. The molecule has 3 aliphatic rings. The second-order valence-corrected chi connectivity index (χ2v) is 5.29. The fraction of sp³-hybridized carbons (Fsp3) is 0.846. The molecule has 2 fully saturated rings. The van der Waals surface area contributed by atoms with Crippen molar-refractivity contribution < 1.29 is 4.74 Å². The van der Waals surface area contributed by atoms with Crippen LogP contribution in [0.1, 0.15) is 39.5 Å². The Hall–Kier alpha value is -0.460. The number of hydrogen-bond acceptors (Lipinski definition) is 1. The molecule has 1 nitrogen and oxygen atoms in total. The van der Waals surface area contributed by atoms with E-state index in [9.17, 15) is 0 Å². The largest absolute Gasteiger partial charge is 0.501 e. The molecule has 0 saturated heterocycles. The third-order valence-electron chi connectivity index (χ3n) is 3.95. The van der Waals surface area contributed by atoms with Crippen molar-refractivity contribution in [3.05, 3.63) is 12.3 Å². The van der Waals surface area contributed by atoms with Gasteiger partial charge in [-0.25, -0.2) is 0 Å². The Morgan fingerprint density at radius 3 is 2.21 bits per heavy atom. The van der Waals surface area contributed by atoms with Crippen LogP contribution in [0.25, 0.3) is 0 Å². The summed E-state index contributed by atoms with van der Waals surface area (Å²) < 4.78 is 4.88. The average molecular weight is 194 g/mol. The van der Waals surface area contributed by atoms with Crippen molar-refractivity contribution in [2.45, 2.75) is 39.5 Å². The van der Waals surface area contributed by atoms with Crippen molar-refractivity contribution in [1.82, 2.24) is 0 Å². The average Bonchev–Trinajstić information content (AvgIpc) is 2.81. The van der Waals surface area contributed by atoms with Gasteiger partial charge in [0.05, 0.1) is 12.9 Å². The van der Waals surface area contributed by atoms with E-state index in [-0.39, 0.29) is 0 Å². The summed E-state index contributed by atoms with van der Waals surface area (Å²) in [5, 5.41) is 0. The van der Waals surface area contributed by atoms with E-state index in [4.69, 9.17) is 4.74 Å². The lowest BCUT2D eigenvalue weighted by Crippen LogP contribution is -2.04. The maximum absolute atomic E-state index is 4.88. The van der Waals surface area contributed by atoms with E-state index >= 15 is 0 Å². The normalized spacial score (nSPS) is 43.3. The predicted molar refractivity (Wildman–Crippen MR) is 58.9 cm³/mol. The summed E-state index contributed by atoms with van der Waals surface area (Å²) in [4.78, 5) is 0. The van der Waals surface area contributed by atoms with Crippen LogP contribution in [0.15, 0.2) is 12.3 Å². The lowest BCUT2D eigenvalue weighted by molar-refractivity contribution is 0.255. The molecule has 4 unspecified atom stereocenters. The zero-order valence-corrected chi connectivity index (χ0v) is 9.41. The van der Waals surface area contributed by atoms with E-state index < -0.39 is 0 Å². The first-order valence-electron chi connectivity index (χ1n) is 6.04. The monoisotopic (exact) mass is 194 g/mol. The molecule has 1 aliphatic heterocycles. The van der Waals surface area contributed by atoms with Crippen LogP contribution >= 0.6 is 0 Å². The number of rotatable bonds is 0. The fourth-order valence-electron chi connectivity index (χ4n) is 3.02. The van der Waals surface area contributed by atoms with E-state index in [1.807, 2.05) is 0 Å². The summed E-state index contributed by atoms with van der Waals surface area (Å²) in [7, 11) is 0. The van der Waals surface area contributed by atoms with E-state index in [0.717, 1.165) is 24.4 Å². The van der Waals surface area contributed by atoms with Crippen molar-refractivity contribution in [2.75, 3.05) is 6.61 Å². The standard InChI is InChI=1S/C8H14.C5H8O/c1-6-4-7-2-3-8(6)5-7;1-5-2-3-6-4-5/h6-8H,2-5H2,1H3;2-3,5H,4H2,1H3. The summed E-state index contributed by atoms with van der Waals surface area (Å²) in [5.41, 5.74) is 0. The van der Waals surface area contributed by atoms with Gasteiger partial charge in [0, 0.05) is 5.92 Å². The van der Waals surface area contributed by atoms with Crippen molar-refractivity contribution >= 4 is 0 Å². The van der Waals surface area contributed by atoms with E-state index in [1.165, 1.54) is 0 Å². The molecule has 2 saturated carbocycles. The maximum Gasteiger partial charge on any atom is 0.0934 e. The number of hydrogen-bond donors (Lipinski definition) is 0. The smallest absolute Gasteiger partial charge is 0.0934 e. The molecule has 14 heavy (non-hydrogen) atoms. The highest BCUT2D eigenvalue weighted by atomic mass is 16.5. The summed E-state index contributed by atoms with van der Waals surface area (Å²) in [6.07, 6.45) is 10.0. The summed E-state index contributed by atoms with van der Waals surface area (Å²) in [5.74, 6) is 4.01. The van der Waals surface area contributed by atoms with Gasteiger partial charge in [0.1, 0.15) is 0 Å². The Balaban J connectivity index is 0.000000112. The highest BCUT2D eigenvalue weighted by Gasteiger charge is 2.36. The minimum Gasteiger partial charge on any atom is -0.501 e. The lowest BCUT2D eigenvalue weighted by Gasteiger charge is -2.15. The molecular weight excluding hydrogens is 172 g/mol. The van der Waals surface area contributed by atoms with Crippen molar-refractivity contribution in [3.63, 3.8) is 0 Å². The molecule has 0 aromatic carbocycles. The van der Waals surface area contributed by atoms with Crippen LogP contribution in [-0.4, -0.2) is 6.61 Å². The SMILES string of the molecule is CC1C=COC1.CC1CC2CCC1C2. The van der Waals surface area contributed by atoms with Gasteiger partial charge in [-0.05, 0) is 43.1 Å². The molecular formula is C13H22O. The molecule has 0 radical (unpaired) electrons. The first-order valence-corrected chi connectivity index (χ1v) is 6.04. The molecule has 2 bridgehead atoms.